The molecule has 0 saturated carbocycles. The van der Waals surface area contributed by atoms with Gasteiger partial charge < -0.3 is 10.1 Å². The molecular formula is C24H20ClN3O4S. The van der Waals surface area contributed by atoms with E-state index in [-0.39, 0.29) is 18.0 Å². The van der Waals surface area contributed by atoms with Crippen LogP contribution in [0.25, 0.3) is 21.3 Å². The average Bonchev–Trinajstić information content (AvgIpc) is 3.25. The molecule has 0 fully saturated rings. The lowest BCUT2D eigenvalue weighted by molar-refractivity contribution is -0.116. The first-order valence-corrected chi connectivity index (χ1v) is 11.5. The number of fused-ring (bicyclic) bond motifs is 1. The number of rotatable bonds is 7. The van der Waals surface area contributed by atoms with Crippen molar-refractivity contribution < 1.29 is 14.3 Å². The third-order valence-corrected chi connectivity index (χ3v) is 6.01. The minimum atomic E-state index is -0.409. The molecule has 0 atom stereocenters. The number of hydrogen-bond acceptors (Lipinski definition) is 6. The maximum absolute atomic E-state index is 13.1. The lowest BCUT2D eigenvalue weighted by Crippen LogP contribution is -2.27. The summed E-state index contributed by atoms with van der Waals surface area (Å²) in [7, 11) is 0. The Labute approximate surface area is 198 Å². The first-order valence-electron chi connectivity index (χ1n) is 10.3. The molecule has 2 heterocycles. The number of amides is 1. The van der Waals surface area contributed by atoms with Crippen molar-refractivity contribution in [3.05, 3.63) is 81.2 Å². The average molecular weight is 482 g/mol. The number of thiophene rings is 1. The highest BCUT2D eigenvalue weighted by Gasteiger charge is 2.15. The SMILES string of the molecule is CCCOC(=O)c1ccc(NC(=O)Cn2cnc3scc(-c4ccc(Cl)cc4)c3c2=O)cc1. The Bertz CT molecular complexity index is 1360. The lowest BCUT2D eigenvalue weighted by Gasteiger charge is -2.09. The molecule has 0 aliphatic rings. The van der Waals surface area contributed by atoms with E-state index in [9.17, 15) is 14.4 Å². The summed E-state index contributed by atoms with van der Waals surface area (Å²) in [6.07, 6.45) is 2.12. The van der Waals surface area contributed by atoms with Crippen molar-refractivity contribution in [1.82, 2.24) is 9.55 Å². The fourth-order valence-electron chi connectivity index (χ4n) is 3.25. The summed E-state index contributed by atoms with van der Waals surface area (Å²) < 4.78 is 6.37. The molecule has 0 radical (unpaired) electrons. The highest BCUT2D eigenvalue weighted by molar-refractivity contribution is 7.17. The fraction of sp³-hybridized carbons (Fsp3) is 0.167. The Morgan fingerprint density at radius 2 is 1.85 bits per heavy atom. The molecule has 168 valence electrons. The molecule has 0 aliphatic heterocycles. The van der Waals surface area contributed by atoms with Gasteiger partial charge in [0.05, 0.1) is 23.9 Å². The number of hydrogen-bond donors (Lipinski definition) is 1. The topological polar surface area (TPSA) is 90.3 Å². The summed E-state index contributed by atoms with van der Waals surface area (Å²) in [6, 6.07) is 13.6. The van der Waals surface area contributed by atoms with Crippen LogP contribution in [0.1, 0.15) is 23.7 Å². The normalized spacial score (nSPS) is 10.8. The van der Waals surface area contributed by atoms with Crippen molar-refractivity contribution >= 4 is 50.7 Å². The number of carbonyl (C=O) groups is 2. The Hall–Kier alpha value is -3.49. The van der Waals surface area contributed by atoms with Crippen molar-refractivity contribution in [2.24, 2.45) is 0 Å². The molecule has 1 N–H and O–H groups in total. The molecular weight excluding hydrogens is 462 g/mol. The number of anilines is 1. The second kappa shape index (κ2) is 9.97. The van der Waals surface area contributed by atoms with Crippen molar-refractivity contribution in [2.75, 3.05) is 11.9 Å². The quantitative estimate of drug-likeness (QED) is 0.376. The number of nitrogens with zero attached hydrogens (tertiary/aromatic N) is 2. The van der Waals surface area contributed by atoms with E-state index in [0.717, 1.165) is 17.5 Å². The first-order chi connectivity index (χ1) is 16.0. The molecule has 9 heteroatoms. The van der Waals surface area contributed by atoms with Crippen LogP contribution in [0.2, 0.25) is 5.02 Å². The molecule has 0 aliphatic carbocycles. The molecule has 2 aromatic heterocycles. The van der Waals surface area contributed by atoms with Gasteiger partial charge in [-0.05, 0) is 48.4 Å². The maximum atomic E-state index is 13.1. The van der Waals surface area contributed by atoms with Gasteiger partial charge in [0.15, 0.2) is 0 Å². The highest BCUT2D eigenvalue weighted by atomic mass is 35.5. The smallest absolute Gasteiger partial charge is 0.338 e. The van der Waals surface area contributed by atoms with Gasteiger partial charge in [-0.2, -0.15) is 0 Å². The molecule has 7 nitrogen and oxygen atoms in total. The second-order valence-corrected chi connectivity index (χ2v) is 8.57. The van der Waals surface area contributed by atoms with Crippen LogP contribution in [0, 0.1) is 0 Å². The standard InChI is InChI=1S/C24H20ClN3O4S/c1-2-11-32-24(31)16-5-9-18(10-6-16)27-20(29)12-28-14-26-22-21(23(28)30)19(13-33-22)15-3-7-17(25)8-4-15/h3-10,13-14H,2,11-12H2,1H3,(H,27,29). The fourth-order valence-corrected chi connectivity index (χ4v) is 4.28. The number of aromatic nitrogens is 2. The van der Waals surface area contributed by atoms with Crippen molar-refractivity contribution in [1.29, 1.82) is 0 Å². The van der Waals surface area contributed by atoms with Crippen LogP contribution in [0.5, 0.6) is 0 Å². The first kappa shape index (κ1) is 22.7. The number of esters is 1. The Balaban J connectivity index is 1.51. The number of benzene rings is 2. The summed E-state index contributed by atoms with van der Waals surface area (Å²) in [5.41, 5.74) is 2.22. The van der Waals surface area contributed by atoms with Gasteiger partial charge in [0.25, 0.3) is 5.56 Å². The molecule has 4 aromatic rings. The zero-order valence-electron chi connectivity index (χ0n) is 17.7. The molecule has 0 saturated heterocycles. The van der Waals surface area contributed by atoms with E-state index in [1.54, 1.807) is 36.4 Å². The van der Waals surface area contributed by atoms with Gasteiger partial charge in [-0.15, -0.1) is 11.3 Å². The van der Waals surface area contributed by atoms with E-state index >= 15 is 0 Å². The molecule has 0 unspecified atom stereocenters. The van der Waals surface area contributed by atoms with Gasteiger partial charge in [-0.1, -0.05) is 30.7 Å². The molecule has 2 aromatic carbocycles. The van der Waals surface area contributed by atoms with Gasteiger partial charge in [-0.3, -0.25) is 14.2 Å². The van der Waals surface area contributed by atoms with E-state index in [1.807, 2.05) is 24.4 Å². The van der Waals surface area contributed by atoms with Crippen LogP contribution in [0.4, 0.5) is 5.69 Å². The predicted octanol–water partition coefficient (Wildman–Crippen LogP) is 4.98. The van der Waals surface area contributed by atoms with Crippen LogP contribution in [-0.2, 0) is 16.1 Å². The van der Waals surface area contributed by atoms with Crippen molar-refractivity contribution in [3.8, 4) is 11.1 Å². The summed E-state index contributed by atoms with van der Waals surface area (Å²) >= 11 is 7.34. The van der Waals surface area contributed by atoms with Gasteiger partial charge in [0.2, 0.25) is 5.91 Å². The molecule has 0 bridgehead atoms. The summed E-state index contributed by atoms with van der Waals surface area (Å²) in [6.45, 7) is 2.08. The van der Waals surface area contributed by atoms with E-state index in [1.165, 1.54) is 22.2 Å². The summed E-state index contributed by atoms with van der Waals surface area (Å²) in [5.74, 6) is -0.796. The number of nitrogens with one attached hydrogen (secondary N) is 1. The summed E-state index contributed by atoms with van der Waals surface area (Å²) in [5, 5.41) is 5.68. The molecule has 4 rings (SSSR count). The largest absolute Gasteiger partial charge is 0.462 e. The molecule has 0 spiro atoms. The number of carbonyl (C=O) groups excluding carboxylic acids is 2. The molecule has 1 amide bonds. The van der Waals surface area contributed by atoms with E-state index in [0.29, 0.717) is 33.1 Å². The van der Waals surface area contributed by atoms with E-state index < -0.39 is 5.97 Å². The van der Waals surface area contributed by atoms with Crippen molar-refractivity contribution in [3.63, 3.8) is 0 Å². The molecule has 33 heavy (non-hydrogen) atoms. The minimum Gasteiger partial charge on any atom is -0.462 e. The number of ether oxygens (including phenoxy) is 1. The predicted molar refractivity (Wildman–Crippen MR) is 130 cm³/mol. The van der Waals surface area contributed by atoms with Crippen LogP contribution in [-0.4, -0.2) is 28.0 Å². The van der Waals surface area contributed by atoms with E-state index in [2.05, 4.69) is 10.3 Å². The minimum absolute atomic E-state index is 0.196. The van der Waals surface area contributed by atoms with Crippen LogP contribution >= 0.6 is 22.9 Å². The van der Waals surface area contributed by atoms with Gasteiger partial charge >= 0.3 is 5.97 Å². The Morgan fingerprint density at radius 3 is 2.55 bits per heavy atom. The Morgan fingerprint density at radius 1 is 1.12 bits per heavy atom. The third kappa shape index (κ3) is 5.13. The lowest BCUT2D eigenvalue weighted by atomic mass is 10.1. The van der Waals surface area contributed by atoms with Gasteiger partial charge in [-0.25, -0.2) is 9.78 Å². The summed E-state index contributed by atoms with van der Waals surface area (Å²) in [4.78, 5) is 42.5. The monoisotopic (exact) mass is 481 g/mol. The van der Waals surface area contributed by atoms with Crippen LogP contribution in [0.15, 0.2) is 65.0 Å². The third-order valence-electron chi connectivity index (χ3n) is 4.87. The van der Waals surface area contributed by atoms with Crippen LogP contribution < -0.4 is 10.9 Å². The van der Waals surface area contributed by atoms with Crippen LogP contribution in [0.3, 0.4) is 0 Å². The highest BCUT2D eigenvalue weighted by Crippen LogP contribution is 2.31. The van der Waals surface area contributed by atoms with Crippen molar-refractivity contribution in [2.45, 2.75) is 19.9 Å². The maximum Gasteiger partial charge on any atom is 0.338 e. The van der Waals surface area contributed by atoms with Gasteiger partial charge in [0.1, 0.15) is 11.4 Å². The van der Waals surface area contributed by atoms with E-state index in [4.69, 9.17) is 16.3 Å². The second-order valence-electron chi connectivity index (χ2n) is 7.28. The zero-order chi connectivity index (χ0) is 23.4. The number of halogens is 1. The zero-order valence-corrected chi connectivity index (χ0v) is 19.3. The Kier molecular flexibility index (Phi) is 6.86. The van der Waals surface area contributed by atoms with Gasteiger partial charge in [0, 0.05) is 21.7 Å².